The van der Waals surface area contributed by atoms with Crippen molar-refractivity contribution < 1.29 is 9.53 Å². The van der Waals surface area contributed by atoms with E-state index in [0.29, 0.717) is 6.42 Å². The van der Waals surface area contributed by atoms with Crippen LogP contribution in [-0.2, 0) is 9.53 Å². The van der Waals surface area contributed by atoms with E-state index in [4.69, 9.17) is 17.6 Å². The van der Waals surface area contributed by atoms with Gasteiger partial charge in [-0.05, 0) is 37.7 Å². The van der Waals surface area contributed by atoms with E-state index in [1.807, 2.05) is 19.9 Å². The summed E-state index contributed by atoms with van der Waals surface area (Å²) in [6, 6.07) is 0. The highest BCUT2D eigenvalue weighted by Gasteiger charge is 2.61. The number of unbranched alkanes of at least 4 members (excludes halogenated alkanes) is 1. The van der Waals surface area contributed by atoms with Crippen LogP contribution in [0.3, 0.4) is 0 Å². The highest BCUT2D eigenvalue weighted by molar-refractivity contribution is 5.78. The van der Waals surface area contributed by atoms with Crippen LogP contribution < -0.4 is 0 Å². The lowest BCUT2D eigenvalue weighted by Gasteiger charge is -2.09. The van der Waals surface area contributed by atoms with E-state index < -0.39 is 6.10 Å². The average Bonchev–Trinajstić information content (AvgIpc) is 2.93. The highest BCUT2D eigenvalue weighted by Crippen LogP contribution is 2.59. The van der Waals surface area contributed by atoms with Gasteiger partial charge in [-0.2, -0.15) is 0 Å². The lowest BCUT2D eigenvalue weighted by atomic mass is 10.1. The fourth-order valence-electron chi connectivity index (χ4n) is 2.51. The summed E-state index contributed by atoms with van der Waals surface area (Å²) < 4.78 is 5.41. The van der Waals surface area contributed by atoms with Gasteiger partial charge in [0.1, 0.15) is 0 Å². The predicted octanol–water partition coefficient (Wildman–Crippen LogP) is 3.74. The number of allylic oxidation sites excluding steroid dienone is 3. The molecule has 0 aromatic rings. The van der Waals surface area contributed by atoms with Crippen molar-refractivity contribution in [2.75, 3.05) is 0 Å². The molecule has 0 aromatic carbocycles. The molecule has 0 aliphatic heterocycles. The van der Waals surface area contributed by atoms with Gasteiger partial charge in [0, 0.05) is 6.42 Å². The van der Waals surface area contributed by atoms with E-state index in [2.05, 4.69) is 31.8 Å². The highest BCUT2D eigenvalue weighted by atomic mass is 16.5. The summed E-state index contributed by atoms with van der Waals surface area (Å²) in [6.45, 7) is 8.23. The lowest BCUT2D eigenvalue weighted by Crippen LogP contribution is -2.18. The number of esters is 1. The Labute approximate surface area is 128 Å². The molecule has 0 radical (unpaired) electrons. The maximum Gasteiger partial charge on any atom is 0.311 e. The van der Waals surface area contributed by atoms with E-state index in [9.17, 15) is 4.79 Å². The van der Waals surface area contributed by atoms with Crippen LogP contribution >= 0.6 is 0 Å². The van der Waals surface area contributed by atoms with Crippen LogP contribution in [0, 0.1) is 41.9 Å². The third-order valence-electron chi connectivity index (χ3n) is 3.85. The number of hydrogen-bond acceptors (Lipinski definition) is 2. The van der Waals surface area contributed by atoms with E-state index >= 15 is 0 Å². The fraction of sp³-hybridized carbons (Fsp3) is 0.526. The number of carbonyl (C=O) groups excluding carboxylic acids is 1. The first-order valence-electron chi connectivity index (χ1n) is 7.26. The SMILES string of the molecule is C#CCCC=CC(C#C)OC(=O)C1C(C=C(C)C)C1(C)C. The molecule has 2 heteroatoms. The standard InChI is InChI=1S/C19H24O2/c1-7-9-10-11-12-15(8-2)21-18(20)17-16(13-14(3)4)19(17,5)6/h1-2,11-13,15-17H,9-10H2,3-6H3. The molecule has 0 bridgehead atoms. The zero-order valence-electron chi connectivity index (χ0n) is 13.3. The molecule has 0 saturated heterocycles. The first-order chi connectivity index (χ1) is 9.84. The quantitative estimate of drug-likeness (QED) is 0.321. The van der Waals surface area contributed by atoms with Gasteiger partial charge in [-0.25, -0.2) is 0 Å². The number of carbonyl (C=O) groups is 1. The maximum absolute atomic E-state index is 12.3. The van der Waals surface area contributed by atoms with Gasteiger partial charge in [-0.1, -0.05) is 37.5 Å². The molecule has 3 atom stereocenters. The second-order valence-electron chi connectivity index (χ2n) is 6.26. The Morgan fingerprint density at radius 2 is 2.05 bits per heavy atom. The van der Waals surface area contributed by atoms with Crippen molar-refractivity contribution in [1.82, 2.24) is 0 Å². The van der Waals surface area contributed by atoms with Crippen molar-refractivity contribution in [3.63, 3.8) is 0 Å². The smallest absolute Gasteiger partial charge is 0.311 e. The van der Waals surface area contributed by atoms with Gasteiger partial charge < -0.3 is 4.74 Å². The Morgan fingerprint density at radius 3 is 2.57 bits per heavy atom. The molecule has 1 rings (SSSR count). The third kappa shape index (κ3) is 4.54. The molecule has 0 spiro atoms. The van der Waals surface area contributed by atoms with Crippen molar-refractivity contribution >= 4 is 5.97 Å². The van der Waals surface area contributed by atoms with Gasteiger partial charge in [0.25, 0.3) is 0 Å². The molecule has 1 aliphatic carbocycles. The molecular formula is C19H24O2. The number of ether oxygens (including phenoxy) is 1. The van der Waals surface area contributed by atoms with E-state index in [1.165, 1.54) is 5.57 Å². The van der Waals surface area contributed by atoms with Crippen LogP contribution in [0.1, 0.15) is 40.5 Å². The van der Waals surface area contributed by atoms with Crippen LogP contribution in [0.25, 0.3) is 0 Å². The van der Waals surface area contributed by atoms with Gasteiger partial charge in [0.15, 0.2) is 6.10 Å². The molecule has 1 aliphatic rings. The minimum absolute atomic E-state index is 0.0549. The molecule has 1 saturated carbocycles. The zero-order chi connectivity index (χ0) is 16.0. The zero-order valence-corrected chi connectivity index (χ0v) is 13.3. The van der Waals surface area contributed by atoms with Gasteiger partial charge >= 0.3 is 5.97 Å². The number of hydrogen-bond donors (Lipinski definition) is 0. The van der Waals surface area contributed by atoms with E-state index in [1.54, 1.807) is 6.08 Å². The summed E-state index contributed by atoms with van der Waals surface area (Å²) >= 11 is 0. The Balaban J connectivity index is 2.61. The average molecular weight is 284 g/mol. The Morgan fingerprint density at radius 1 is 1.38 bits per heavy atom. The molecule has 21 heavy (non-hydrogen) atoms. The van der Waals surface area contributed by atoms with Crippen LogP contribution in [0.5, 0.6) is 0 Å². The minimum atomic E-state index is -0.612. The normalized spacial score (nSPS) is 23.7. The lowest BCUT2D eigenvalue weighted by molar-refractivity contribution is -0.147. The molecule has 0 heterocycles. The molecule has 0 N–H and O–H groups in total. The first kappa shape index (κ1) is 17.1. The van der Waals surface area contributed by atoms with Crippen molar-refractivity contribution in [2.45, 2.75) is 46.6 Å². The Kier molecular flexibility index (Phi) is 5.86. The number of terminal acetylenes is 2. The monoisotopic (exact) mass is 284 g/mol. The molecule has 0 aromatic heterocycles. The molecular weight excluding hydrogens is 260 g/mol. The fourth-order valence-corrected chi connectivity index (χ4v) is 2.51. The molecule has 112 valence electrons. The molecule has 1 fully saturated rings. The predicted molar refractivity (Wildman–Crippen MR) is 86.1 cm³/mol. The van der Waals surface area contributed by atoms with Gasteiger partial charge in [0.05, 0.1) is 5.92 Å². The summed E-state index contributed by atoms with van der Waals surface area (Å²) in [5, 5.41) is 0. The first-order valence-corrected chi connectivity index (χ1v) is 7.26. The molecule has 3 unspecified atom stereocenters. The van der Waals surface area contributed by atoms with Crippen molar-refractivity contribution in [3.05, 3.63) is 23.8 Å². The Hall–Kier alpha value is -1.93. The second kappa shape index (κ2) is 7.19. The minimum Gasteiger partial charge on any atom is -0.445 e. The largest absolute Gasteiger partial charge is 0.445 e. The summed E-state index contributed by atoms with van der Waals surface area (Å²) in [7, 11) is 0. The number of rotatable bonds is 6. The van der Waals surface area contributed by atoms with Gasteiger partial charge in [-0.3, -0.25) is 4.79 Å². The van der Waals surface area contributed by atoms with Gasteiger partial charge in [-0.15, -0.1) is 18.8 Å². The summed E-state index contributed by atoms with van der Waals surface area (Å²) in [6.07, 6.45) is 17.1. The van der Waals surface area contributed by atoms with Crippen LogP contribution in [0.4, 0.5) is 0 Å². The molecule has 0 amide bonds. The summed E-state index contributed by atoms with van der Waals surface area (Å²) in [4.78, 5) is 12.3. The van der Waals surface area contributed by atoms with Crippen LogP contribution in [-0.4, -0.2) is 12.1 Å². The van der Waals surface area contributed by atoms with Crippen molar-refractivity contribution in [3.8, 4) is 24.7 Å². The van der Waals surface area contributed by atoms with E-state index in [0.717, 1.165) is 6.42 Å². The Bertz CT molecular complexity index is 519. The van der Waals surface area contributed by atoms with Crippen LogP contribution in [0.2, 0.25) is 0 Å². The summed E-state index contributed by atoms with van der Waals surface area (Å²) in [5.74, 6) is 4.94. The van der Waals surface area contributed by atoms with Crippen molar-refractivity contribution in [2.24, 2.45) is 17.3 Å². The second-order valence-corrected chi connectivity index (χ2v) is 6.26. The maximum atomic E-state index is 12.3. The summed E-state index contributed by atoms with van der Waals surface area (Å²) in [5.41, 5.74) is 1.16. The van der Waals surface area contributed by atoms with E-state index in [-0.39, 0.29) is 23.2 Å². The van der Waals surface area contributed by atoms with Crippen molar-refractivity contribution in [1.29, 1.82) is 0 Å². The van der Waals surface area contributed by atoms with Gasteiger partial charge in [0.2, 0.25) is 0 Å². The van der Waals surface area contributed by atoms with Crippen LogP contribution in [0.15, 0.2) is 23.8 Å². The topological polar surface area (TPSA) is 26.3 Å². The third-order valence-corrected chi connectivity index (χ3v) is 3.85. The molecule has 2 nitrogen and oxygen atoms in total.